The van der Waals surface area contributed by atoms with Gasteiger partial charge in [-0.15, -0.1) is 0 Å². The summed E-state index contributed by atoms with van der Waals surface area (Å²) in [5.74, 6) is 1.22. The second-order valence-corrected chi connectivity index (χ2v) is 4.41. The first-order valence-corrected chi connectivity index (χ1v) is 6.64. The molecule has 9 heteroatoms. The Morgan fingerprint density at radius 3 is 2.65 bits per heavy atom. The van der Waals surface area contributed by atoms with E-state index in [9.17, 15) is 4.79 Å². The average Bonchev–Trinajstić information content (AvgIpc) is 2.53. The SMILES string of the molecule is COc1ccnc(COc2cnc(NC(C)=O)nc2N)c1OC. The number of nitrogen functional groups attached to an aromatic ring is 1. The number of rotatable bonds is 6. The molecule has 0 aliphatic heterocycles. The van der Waals surface area contributed by atoms with Gasteiger partial charge in [0.05, 0.1) is 20.4 Å². The first-order valence-electron chi connectivity index (χ1n) is 6.64. The van der Waals surface area contributed by atoms with Crippen LogP contribution in [0.3, 0.4) is 0 Å². The fourth-order valence-corrected chi connectivity index (χ4v) is 1.81. The minimum Gasteiger partial charge on any atom is -0.493 e. The highest BCUT2D eigenvalue weighted by Crippen LogP contribution is 2.30. The van der Waals surface area contributed by atoms with Crippen LogP contribution in [0.1, 0.15) is 12.6 Å². The third kappa shape index (κ3) is 3.96. The molecule has 122 valence electrons. The summed E-state index contributed by atoms with van der Waals surface area (Å²) < 4.78 is 16.0. The molecule has 2 heterocycles. The Morgan fingerprint density at radius 2 is 2.04 bits per heavy atom. The van der Waals surface area contributed by atoms with Crippen LogP contribution in [-0.2, 0) is 11.4 Å². The molecule has 0 radical (unpaired) electrons. The van der Waals surface area contributed by atoms with Crippen LogP contribution < -0.4 is 25.3 Å². The van der Waals surface area contributed by atoms with Crippen molar-refractivity contribution in [1.82, 2.24) is 15.0 Å². The summed E-state index contributed by atoms with van der Waals surface area (Å²) >= 11 is 0. The van der Waals surface area contributed by atoms with Crippen LogP contribution in [0.5, 0.6) is 17.2 Å². The van der Waals surface area contributed by atoms with E-state index in [1.165, 1.54) is 27.3 Å². The molecule has 0 bridgehead atoms. The van der Waals surface area contributed by atoms with Gasteiger partial charge in [-0.2, -0.15) is 4.98 Å². The molecule has 1 amide bonds. The zero-order chi connectivity index (χ0) is 16.8. The van der Waals surface area contributed by atoms with E-state index < -0.39 is 0 Å². The lowest BCUT2D eigenvalue weighted by Gasteiger charge is -2.13. The Bertz CT molecular complexity index is 708. The lowest BCUT2D eigenvalue weighted by atomic mass is 10.3. The van der Waals surface area contributed by atoms with Crippen molar-refractivity contribution in [3.63, 3.8) is 0 Å². The molecule has 0 fully saturated rings. The van der Waals surface area contributed by atoms with E-state index in [1.54, 1.807) is 12.3 Å². The normalized spacial score (nSPS) is 10.0. The number of aromatic nitrogens is 3. The van der Waals surface area contributed by atoms with Crippen molar-refractivity contribution in [3.05, 3.63) is 24.2 Å². The largest absolute Gasteiger partial charge is 0.493 e. The standard InChI is InChI=1S/C14H17N5O4/c1-8(20)18-14-17-6-11(13(15)19-14)23-7-9-12(22-3)10(21-2)4-5-16-9/h4-6H,7H2,1-3H3,(H3,15,17,18,19,20). The molecule has 23 heavy (non-hydrogen) atoms. The summed E-state index contributed by atoms with van der Waals surface area (Å²) in [5, 5.41) is 2.43. The van der Waals surface area contributed by atoms with E-state index in [-0.39, 0.29) is 30.0 Å². The van der Waals surface area contributed by atoms with Crippen molar-refractivity contribution in [2.24, 2.45) is 0 Å². The Balaban J connectivity index is 2.14. The Kier molecular flexibility index (Phi) is 5.13. The Hall–Kier alpha value is -3.10. The van der Waals surface area contributed by atoms with Crippen LogP contribution in [-0.4, -0.2) is 35.1 Å². The van der Waals surface area contributed by atoms with Crippen molar-refractivity contribution < 1.29 is 19.0 Å². The second-order valence-electron chi connectivity index (χ2n) is 4.41. The number of anilines is 2. The zero-order valence-electron chi connectivity index (χ0n) is 13.0. The van der Waals surface area contributed by atoms with Crippen LogP contribution in [0.25, 0.3) is 0 Å². The fraction of sp³-hybridized carbons (Fsp3) is 0.286. The molecular weight excluding hydrogens is 302 g/mol. The number of hydrogen-bond acceptors (Lipinski definition) is 8. The van der Waals surface area contributed by atoms with E-state index in [4.69, 9.17) is 19.9 Å². The van der Waals surface area contributed by atoms with Gasteiger partial charge in [0.25, 0.3) is 0 Å². The molecule has 0 saturated carbocycles. The lowest BCUT2D eigenvalue weighted by Crippen LogP contribution is -2.11. The van der Waals surface area contributed by atoms with Gasteiger partial charge in [0, 0.05) is 19.2 Å². The highest BCUT2D eigenvalue weighted by Gasteiger charge is 2.13. The van der Waals surface area contributed by atoms with E-state index >= 15 is 0 Å². The Morgan fingerprint density at radius 1 is 1.26 bits per heavy atom. The summed E-state index contributed by atoms with van der Waals surface area (Å²) in [6.07, 6.45) is 2.96. The molecule has 0 atom stereocenters. The number of hydrogen-bond donors (Lipinski definition) is 2. The molecule has 2 rings (SSSR count). The molecule has 0 spiro atoms. The van der Waals surface area contributed by atoms with Crippen LogP contribution in [0, 0.1) is 0 Å². The van der Waals surface area contributed by atoms with Gasteiger partial charge in [0.2, 0.25) is 11.9 Å². The summed E-state index contributed by atoms with van der Waals surface area (Å²) in [4.78, 5) is 23.0. The number of nitrogens with one attached hydrogen (secondary N) is 1. The summed E-state index contributed by atoms with van der Waals surface area (Å²) in [7, 11) is 3.05. The first kappa shape index (κ1) is 16.3. The number of nitrogens with two attached hydrogens (primary N) is 1. The molecule has 0 aliphatic carbocycles. The highest BCUT2D eigenvalue weighted by atomic mass is 16.5. The van der Waals surface area contributed by atoms with Crippen molar-refractivity contribution in [2.75, 3.05) is 25.3 Å². The van der Waals surface area contributed by atoms with Crippen molar-refractivity contribution in [1.29, 1.82) is 0 Å². The number of pyridine rings is 1. The molecule has 3 N–H and O–H groups in total. The third-order valence-corrected chi connectivity index (χ3v) is 2.80. The number of carbonyl (C=O) groups is 1. The smallest absolute Gasteiger partial charge is 0.231 e. The van der Waals surface area contributed by atoms with Crippen molar-refractivity contribution in [2.45, 2.75) is 13.5 Å². The molecule has 0 saturated heterocycles. The molecule has 2 aromatic rings. The molecule has 9 nitrogen and oxygen atoms in total. The Labute approximate surface area is 132 Å². The van der Waals surface area contributed by atoms with Gasteiger partial charge in [-0.25, -0.2) is 4.98 Å². The van der Waals surface area contributed by atoms with Crippen LogP contribution >= 0.6 is 0 Å². The highest BCUT2D eigenvalue weighted by molar-refractivity contribution is 5.86. The zero-order valence-corrected chi connectivity index (χ0v) is 13.0. The summed E-state index contributed by atoms with van der Waals surface area (Å²) in [6.45, 7) is 1.44. The minimum atomic E-state index is -0.289. The van der Waals surface area contributed by atoms with Gasteiger partial charge < -0.3 is 19.9 Å². The monoisotopic (exact) mass is 319 g/mol. The number of methoxy groups -OCH3 is 2. The topological polar surface area (TPSA) is 121 Å². The van der Waals surface area contributed by atoms with Gasteiger partial charge in [0.15, 0.2) is 23.1 Å². The molecule has 0 aromatic carbocycles. The number of nitrogens with zero attached hydrogens (tertiary/aromatic N) is 3. The van der Waals surface area contributed by atoms with E-state index in [0.717, 1.165) is 0 Å². The number of carbonyl (C=O) groups excluding carboxylic acids is 1. The molecule has 0 aliphatic rings. The quantitative estimate of drug-likeness (QED) is 0.809. The average molecular weight is 319 g/mol. The van der Waals surface area contributed by atoms with E-state index in [1.807, 2.05) is 0 Å². The first-order chi connectivity index (χ1) is 11.0. The maximum atomic E-state index is 11.0. The van der Waals surface area contributed by atoms with Gasteiger partial charge >= 0.3 is 0 Å². The van der Waals surface area contributed by atoms with Crippen LogP contribution in [0.15, 0.2) is 18.5 Å². The number of amides is 1. The molecule has 2 aromatic heterocycles. The third-order valence-electron chi connectivity index (χ3n) is 2.80. The van der Waals surface area contributed by atoms with Gasteiger partial charge in [-0.05, 0) is 0 Å². The maximum Gasteiger partial charge on any atom is 0.231 e. The minimum absolute atomic E-state index is 0.0907. The van der Waals surface area contributed by atoms with Gasteiger partial charge in [0.1, 0.15) is 12.3 Å². The predicted octanol–water partition coefficient (Wildman–Crippen LogP) is 1.01. The molecular formula is C14H17N5O4. The summed E-state index contributed by atoms with van der Waals surface area (Å²) in [5.41, 5.74) is 6.32. The van der Waals surface area contributed by atoms with E-state index in [0.29, 0.717) is 17.2 Å². The van der Waals surface area contributed by atoms with Crippen LogP contribution in [0.4, 0.5) is 11.8 Å². The van der Waals surface area contributed by atoms with Crippen molar-refractivity contribution >= 4 is 17.7 Å². The maximum absolute atomic E-state index is 11.0. The predicted molar refractivity (Wildman–Crippen MR) is 82.4 cm³/mol. The van der Waals surface area contributed by atoms with Crippen molar-refractivity contribution in [3.8, 4) is 17.2 Å². The lowest BCUT2D eigenvalue weighted by molar-refractivity contribution is -0.114. The fourth-order valence-electron chi connectivity index (χ4n) is 1.81. The van der Waals surface area contributed by atoms with Gasteiger partial charge in [-0.1, -0.05) is 0 Å². The van der Waals surface area contributed by atoms with Gasteiger partial charge in [-0.3, -0.25) is 15.1 Å². The second kappa shape index (κ2) is 7.25. The molecule has 0 unspecified atom stereocenters. The summed E-state index contributed by atoms with van der Waals surface area (Å²) in [6, 6.07) is 1.68. The van der Waals surface area contributed by atoms with Crippen LogP contribution in [0.2, 0.25) is 0 Å². The number of ether oxygens (including phenoxy) is 3. The van der Waals surface area contributed by atoms with E-state index in [2.05, 4.69) is 20.3 Å².